The summed E-state index contributed by atoms with van der Waals surface area (Å²) in [6, 6.07) is 0. The van der Waals surface area contributed by atoms with E-state index in [1.807, 2.05) is 17.8 Å². The Bertz CT molecular complexity index is 372. The molecule has 0 spiro atoms. The number of likely N-dealkylation sites (tertiary alicyclic amines) is 1. The van der Waals surface area contributed by atoms with Crippen LogP contribution in [0.2, 0.25) is 0 Å². The molecule has 1 saturated heterocycles. The number of Topliss-reactive ketones (excluding diaryl/α,β-unsaturated/α-hetero) is 1. The minimum absolute atomic E-state index is 0.190. The summed E-state index contributed by atoms with van der Waals surface area (Å²) >= 11 is 0. The van der Waals surface area contributed by atoms with E-state index in [1.54, 1.807) is 0 Å². The second-order valence-corrected chi connectivity index (χ2v) is 4.56. The normalized spacial score (nSPS) is 22.6. The molecule has 88 valence electrons. The Labute approximate surface area is 96.2 Å². The molecule has 0 aliphatic carbocycles. The van der Waals surface area contributed by atoms with Crippen LogP contribution in [0.15, 0.2) is 12.4 Å². The molecule has 1 fully saturated rings. The number of hydrogen-bond acceptors (Lipinski definition) is 3. The van der Waals surface area contributed by atoms with E-state index in [0.717, 1.165) is 26.2 Å². The van der Waals surface area contributed by atoms with Crippen molar-refractivity contribution in [3.8, 4) is 0 Å². The lowest BCUT2D eigenvalue weighted by molar-refractivity contribution is -0.125. The molecule has 0 aromatic carbocycles. The highest BCUT2D eigenvalue weighted by molar-refractivity contribution is 5.81. The first-order valence-corrected chi connectivity index (χ1v) is 5.95. The summed E-state index contributed by atoms with van der Waals surface area (Å²) in [5.74, 6) is 0.593. The number of aromatic nitrogens is 2. The molecule has 1 aromatic heterocycles. The Kier molecular flexibility index (Phi) is 3.39. The Hall–Kier alpha value is -1.16. The summed E-state index contributed by atoms with van der Waals surface area (Å²) in [6.07, 6.45) is 4.70. The fourth-order valence-electron chi connectivity index (χ4n) is 2.16. The Morgan fingerprint density at radius 2 is 2.38 bits per heavy atom. The molecule has 2 rings (SSSR count). The van der Waals surface area contributed by atoms with Crippen molar-refractivity contribution in [3.05, 3.63) is 18.0 Å². The molecule has 1 aliphatic heterocycles. The monoisotopic (exact) mass is 221 g/mol. The van der Waals surface area contributed by atoms with Gasteiger partial charge in [0, 0.05) is 50.3 Å². The van der Waals surface area contributed by atoms with E-state index in [-0.39, 0.29) is 5.92 Å². The molecule has 1 atom stereocenters. The van der Waals surface area contributed by atoms with E-state index in [4.69, 9.17) is 0 Å². The minimum Gasteiger partial charge on any atom is -0.299 e. The number of hydrogen-bond donors (Lipinski definition) is 0. The molecule has 0 bridgehead atoms. The van der Waals surface area contributed by atoms with Crippen LogP contribution in [0, 0.1) is 5.92 Å². The van der Waals surface area contributed by atoms with Gasteiger partial charge in [-0.25, -0.2) is 0 Å². The minimum atomic E-state index is 0.190. The van der Waals surface area contributed by atoms with Crippen molar-refractivity contribution in [2.24, 2.45) is 5.92 Å². The van der Waals surface area contributed by atoms with Crippen LogP contribution < -0.4 is 0 Å². The second-order valence-electron chi connectivity index (χ2n) is 4.56. The van der Waals surface area contributed by atoms with Gasteiger partial charge in [-0.2, -0.15) is 5.10 Å². The van der Waals surface area contributed by atoms with Crippen molar-refractivity contribution in [2.75, 3.05) is 13.1 Å². The molecule has 0 amide bonds. The smallest absolute Gasteiger partial charge is 0.138 e. The number of nitrogens with zero attached hydrogens (tertiary/aromatic N) is 3. The van der Waals surface area contributed by atoms with Crippen LogP contribution in [0.4, 0.5) is 0 Å². The van der Waals surface area contributed by atoms with Gasteiger partial charge >= 0.3 is 0 Å². The van der Waals surface area contributed by atoms with Crippen molar-refractivity contribution < 1.29 is 4.79 Å². The first kappa shape index (κ1) is 11.3. The molecular weight excluding hydrogens is 202 g/mol. The molecule has 0 saturated carbocycles. The average molecular weight is 221 g/mol. The largest absolute Gasteiger partial charge is 0.299 e. The van der Waals surface area contributed by atoms with Gasteiger partial charge in [-0.05, 0) is 6.92 Å². The van der Waals surface area contributed by atoms with Gasteiger partial charge in [0.25, 0.3) is 0 Å². The fraction of sp³-hybridized carbons (Fsp3) is 0.667. The van der Waals surface area contributed by atoms with Gasteiger partial charge < -0.3 is 0 Å². The van der Waals surface area contributed by atoms with Gasteiger partial charge in [0.05, 0.1) is 6.20 Å². The predicted octanol–water partition coefficient (Wildman–Crippen LogP) is 1.31. The van der Waals surface area contributed by atoms with E-state index in [9.17, 15) is 4.79 Å². The zero-order valence-corrected chi connectivity index (χ0v) is 10.0. The molecule has 16 heavy (non-hydrogen) atoms. The molecule has 1 aromatic rings. The maximum absolute atomic E-state index is 11.4. The lowest BCUT2D eigenvalue weighted by Gasteiger charge is -2.29. The zero-order chi connectivity index (χ0) is 11.5. The summed E-state index contributed by atoms with van der Waals surface area (Å²) in [5.41, 5.74) is 1.24. The van der Waals surface area contributed by atoms with E-state index >= 15 is 0 Å². The van der Waals surface area contributed by atoms with Gasteiger partial charge in [0.2, 0.25) is 0 Å². The highest BCUT2D eigenvalue weighted by atomic mass is 16.1. The van der Waals surface area contributed by atoms with Gasteiger partial charge in [0.15, 0.2) is 0 Å². The summed E-state index contributed by atoms with van der Waals surface area (Å²) < 4.78 is 1.94. The van der Waals surface area contributed by atoms with Crippen molar-refractivity contribution in [2.45, 2.75) is 33.4 Å². The van der Waals surface area contributed by atoms with Crippen molar-refractivity contribution in [3.63, 3.8) is 0 Å². The maximum atomic E-state index is 11.4. The van der Waals surface area contributed by atoms with Gasteiger partial charge in [-0.3, -0.25) is 14.4 Å². The lowest BCUT2D eigenvalue weighted by atomic mass is 9.98. The third kappa shape index (κ3) is 2.50. The summed E-state index contributed by atoms with van der Waals surface area (Å²) in [4.78, 5) is 13.7. The van der Waals surface area contributed by atoms with Crippen molar-refractivity contribution in [1.29, 1.82) is 0 Å². The quantitative estimate of drug-likeness (QED) is 0.772. The van der Waals surface area contributed by atoms with Crippen LogP contribution in [-0.2, 0) is 17.9 Å². The third-order valence-electron chi connectivity index (χ3n) is 3.17. The van der Waals surface area contributed by atoms with Gasteiger partial charge in [0.1, 0.15) is 5.78 Å². The van der Waals surface area contributed by atoms with Crippen molar-refractivity contribution in [1.82, 2.24) is 14.7 Å². The average Bonchev–Trinajstić information content (AvgIpc) is 2.71. The first-order chi connectivity index (χ1) is 7.69. The van der Waals surface area contributed by atoms with Crippen LogP contribution in [0.3, 0.4) is 0 Å². The number of carbonyl (C=O) groups is 1. The van der Waals surface area contributed by atoms with Crippen LogP contribution >= 0.6 is 0 Å². The number of aryl methyl sites for hydroxylation is 1. The topological polar surface area (TPSA) is 38.1 Å². The standard InChI is InChI=1S/C12H19N3O/c1-3-15-9-11(6-13-15)8-14-5-4-12(16)10(2)7-14/h6,9-10H,3-5,7-8H2,1-2H3. The second kappa shape index (κ2) is 4.78. The molecule has 2 heterocycles. The Balaban J connectivity index is 1.92. The molecule has 0 N–H and O–H groups in total. The highest BCUT2D eigenvalue weighted by Gasteiger charge is 2.23. The summed E-state index contributed by atoms with van der Waals surface area (Å²) in [5, 5.41) is 4.26. The molecule has 1 aliphatic rings. The highest BCUT2D eigenvalue weighted by Crippen LogP contribution is 2.14. The Morgan fingerprint density at radius 3 is 3.00 bits per heavy atom. The fourth-order valence-corrected chi connectivity index (χ4v) is 2.16. The van der Waals surface area contributed by atoms with Crippen LogP contribution in [0.25, 0.3) is 0 Å². The molecule has 4 heteroatoms. The van der Waals surface area contributed by atoms with Gasteiger partial charge in [-0.15, -0.1) is 0 Å². The number of rotatable bonds is 3. The van der Waals surface area contributed by atoms with E-state index in [2.05, 4.69) is 23.1 Å². The Morgan fingerprint density at radius 1 is 1.56 bits per heavy atom. The van der Waals surface area contributed by atoms with Crippen LogP contribution in [0.5, 0.6) is 0 Å². The van der Waals surface area contributed by atoms with Crippen LogP contribution in [0.1, 0.15) is 25.8 Å². The first-order valence-electron chi connectivity index (χ1n) is 5.95. The number of ketones is 1. The van der Waals surface area contributed by atoms with E-state index in [0.29, 0.717) is 12.2 Å². The van der Waals surface area contributed by atoms with E-state index < -0.39 is 0 Å². The third-order valence-corrected chi connectivity index (χ3v) is 3.17. The summed E-state index contributed by atoms with van der Waals surface area (Å²) in [7, 11) is 0. The molecule has 4 nitrogen and oxygen atoms in total. The molecule has 0 radical (unpaired) electrons. The predicted molar refractivity (Wildman–Crippen MR) is 62.0 cm³/mol. The SMILES string of the molecule is CCn1cc(CN2CCC(=O)C(C)C2)cn1. The number of carbonyl (C=O) groups excluding carboxylic acids is 1. The number of piperidine rings is 1. The maximum Gasteiger partial charge on any atom is 0.138 e. The molecular formula is C12H19N3O. The molecule has 1 unspecified atom stereocenters. The van der Waals surface area contributed by atoms with Crippen LogP contribution in [-0.4, -0.2) is 33.6 Å². The van der Waals surface area contributed by atoms with E-state index in [1.165, 1.54) is 5.56 Å². The van der Waals surface area contributed by atoms with Gasteiger partial charge in [-0.1, -0.05) is 6.92 Å². The lowest BCUT2D eigenvalue weighted by Crippen LogP contribution is -2.38. The van der Waals surface area contributed by atoms with Crippen molar-refractivity contribution >= 4 is 5.78 Å². The summed E-state index contributed by atoms with van der Waals surface area (Å²) in [6.45, 7) is 7.70. The zero-order valence-electron chi connectivity index (χ0n) is 10.0.